The van der Waals surface area contributed by atoms with Gasteiger partial charge in [0, 0.05) is 32.8 Å². The third-order valence-corrected chi connectivity index (χ3v) is 11.1. The Morgan fingerprint density at radius 3 is 1.61 bits per heavy atom. The van der Waals surface area contributed by atoms with Gasteiger partial charge in [-0.2, -0.15) is 0 Å². The minimum atomic E-state index is 0.712. The lowest BCUT2D eigenvalue weighted by Gasteiger charge is -2.11. The minimum Gasteiger partial charge on any atom is -0.455 e. The van der Waals surface area contributed by atoms with E-state index in [4.69, 9.17) is 14.4 Å². The predicted molar refractivity (Wildman–Crippen MR) is 237 cm³/mol. The summed E-state index contributed by atoms with van der Waals surface area (Å²) in [6.45, 7) is 0. The van der Waals surface area contributed by atoms with Crippen LogP contribution in [-0.2, 0) is 0 Å². The average Bonchev–Trinajstić information content (AvgIpc) is 3.67. The Bertz CT molecular complexity index is 3210. The molecule has 3 nitrogen and oxygen atoms in total. The molecule has 9 aromatic carbocycles. The monoisotopic (exact) mass is 726 g/mol. The van der Waals surface area contributed by atoms with Crippen LogP contribution in [0.25, 0.3) is 111 Å². The van der Waals surface area contributed by atoms with Crippen LogP contribution < -0.4 is 0 Å². The first-order valence-electron chi connectivity index (χ1n) is 19.3. The zero-order valence-corrected chi connectivity index (χ0v) is 30.9. The van der Waals surface area contributed by atoms with Crippen molar-refractivity contribution in [3.63, 3.8) is 0 Å². The van der Waals surface area contributed by atoms with Crippen LogP contribution in [0.4, 0.5) is 0 Å². The molecule has 0 saturated carbocycles. The second-order valence-electron chi connectivity index (χ2n) is 14.5. The van der Waals surface area contributed by atoms with E-state index >= 15 is 0 Å². The SMILES string of the molecule is c1ccc(-c2cc(-c3ccc(-c4cccc(-c5ccc6c(c5)oc5c7ccccc7c(-c7cccc8ccccc78)cc65)c4)cc3)nc(-c3ccccc3)n2)cc1. The van der Waals surface area contributed by atoms with Gasteiger partial charge < -0.3 is 4.42 Å². The van der Waals surface area contributed by atoms with Crippen molar-refractivity contribution < 1.29 is 4.42 Å². The van der Waals surface area contributed by atoms with E-state index in [1.807, 2.05) is 36.4 Å². The van der Waals surface area contributed by atoms with Gasteiger partial charge in [-0.1, -0.05) is 176 Å². The van der Waals surface area contributed by atoms with E-state index in [0.29, 0.717) is 5.82 Å². The van der Waals surface area contributed by atoms with Crippen molar-refractivity contribution in [2.75, 3.05) is 0 Å². The van der Waals surface area contributed by atoms with Gasteiger partial charge in [0.15, 0.2) is 5.82 Å². The van der Waals surface area contributed by atoms with E-state index in [9.17, 15) is 0 Å². The fourth-order valence-corrected chi connectivity index (χ4v) is 8.24. The fourth-order valence-electron chi connectivity index (χ4n) is 8.24. The van der Waals surface area contributed by atoms with Crippen molar-refractivity contribution in [3.8, 4) is 67.3 Å². The lowest BCUT2D eigenvalue weighted by atomic mass is 9.92. The molecule has 11 aromatic rings. The van der Waals surface area contributed by atoms with Gasteiger partial charge >= 0.3 is 0 Å². The van der Waals surface area contributed by atoms with Gasteiger partial charge in [-0.25, -0.2) is 9.97 Å². The summed E-state index contributed by atoms with van der Waals surface area (Å²) in [6.07, 6.45) is 0. The molecule has 0 amide bonds. The quantitative estimate of drug-likeness (QED) is 0.171. The molecule has 0 saturated heterocycles. The molecule has 0 atom stereocenters. The van der Waals surface area contributed by atoms with Crippen LogP contribution in [0.1, 0.15) is 0 Å². The number of nitrogens with zero attached hydrogens (tertiary/aromatic N) is 2. The van der Waals surface area contributed by atoms with Crippen LogP contribution in [0.15, 0.2) is 211 Å². The number of benzene rings is 9. The van der Waals surface area contributed by atoms with E-state index in [1.165, 1.54) is 27.3 Å². The van der Waals surface area contributed by atoms with Crippen molar-refractivity contribution in [1.29, 1.82) is 0 Å². The molecular formula is C54H34N2O. The highest BCUT2D eigenvalue weighted by atomic mass is 16.3. The molecule has 2 heterocycles. The Kier molecular flexibility index (Phi) is 7.82. The van der Waals surface area contributed by atoms with Crippen molar-refractivity contribution in [3.05, 3.63) is 206 Å². The van der Waals surface area contributed by atoms with Crippen molar-refractivity contribution in [2.45, 2.75) is 0 Å². The Morgan fingerprint density at radius 1 is 0.298 bits per heavy atom. The number of furan rings is 1. The van der Waals surface area contributed by atoms with Crippen LogP contribution in [0.3, 0.4) is 0 Å². The zero-order chi connectivity index (χ0) is 37.7. The number of aromatic nitrogens is 2. The molecule has 0 aliphatic carbocycles. The molecule has 57 heavy (non-hydrogen) atoms. The Labute approximate surface area is 330 Å². The molecular weight excluding hydrogens is 693 g/mol. The van der Waals surface area contributed by atoms with Crippen molar-refractivity contribution >= 4 is 43.5 Å². The van der Waals surface area contributed by atoms with E-state index in [2.05, 4.69) is 170 Å². The molecule has 0 radical (unpaired) electrons. The maximum atomic E-state index is 6.74. The summed E-state index contributed by atoms with van der Waals surface area (Å²) in [4.78, 5) is 9.98. The lowest BCUT2D eigenvalue weighted by molar-refractivity contribution is 0.673. The molecule has 0 fully saturated rings. The largest absolute Gasteiger partial charge is 0.455 e. The number of fused-ring (bicyclic) bond motifs is 6. The first-order chi connectivity index (χ1) is 28.2. The molecule has 266 valence electrons. The first kappa shape index (κ1) is 32.8. The highest BCUT2D eigenvalue weighted by molar-refractivity contribution is 6.20. The summed E-state index contributed by atoms with van der Waals surface area (Å²) in [7, 11) is 0. The van der Waals surface area contributed by atoms with Gasteiger partial charge in [0.2, 0.25) is 0 Å². The van der Waals surface area contributed by atoms with Crippen LogP contribution in [0, 0.1) is 0 Å². The normalized spacial score (nSPS) is 11.5. The second kappa shape index (κ2) is 13.6. The van der Waals surface area contributed by atoms with Gasteiger partial charge in [0.25, 0.3) is 0 Å². The Hall–Kier alpha value is -7.62. The molecule has 0 spiro atoms. The minimum absolute atomic E-state index is 0.712. The summed E-state index contributed by atoms with van der Waals surface area (Å²) in [5, 5.41) is 7.03. The zero-order valence-electron chi connectivity index (χ0n) is 30.9. The van der Waals surface area contributed by atoms with Gasteiger partial charge in [-0.15, -0.1) is 0 Å². The van der Waals surface area contributed by atoms with Crippen LogP contribution in [0.2, 0.25) is 0 Å². The van der Waals surface area contributed by atoms with Gasteiger partial charge in [-0.05, 0) is 79.9 Å². The molecule has 0 bridgehead atoms. The standard InChI is InChI=1S/C54H34N2O/c1-3-14-37(15-4-1)50-34-51(56-54(55-50)39-16-5-2-6-17-39)38-27-25-35(26-28-38)40-19-11-20-41(31-40)42-29-30-46-49-33-48(44-24-12-18-36-13-7-8-21-43(36)44)45-22-9-10-23-47(45)53(49)57-52(46)32-42/h1-34H. The smallest absolute Gasteiger partial charge is 0.160 e. The number of rotatable bonds is 6. The molecule has 0 aliphatic heterocycles. The summed E-state index contributed by atoms with van der Waals surface area (Å²) < 4.78 is 6.74. The second-order valence-corrected chi connectivity index (χ2v) is 14.5. The van der Waals surface area contributed by atoms with E-state index < -0.39 is 0 Å². The highest BCUT2D eigenvalue weighted by Crippen LogP contribution is 2.42. The summed E-state index contributed by atoms with van der Waals surface area (Å²) in [5.74, 6) is 0.712. The van der Waals surface area contributed by atoms with E-state index in [-0.39, 0.29) is 0 Å². The summed E-state index contributed by atoms with van der Waals surface area (Å²) in [6, 6.07) is 72.7. The molecule has 11 rings (SSSR count). The average molecular weight is 727 g/mol. The van der Waals surface area contributed by atoms with Crippen LogP contribution >= 0.6 is 0 Å². The van der Waals surface area contributed by atoms with E-state index in [0.717, 1.165) is 77.7 Å². The third kappa shape index (κ3) is 5.85. The molecule has 0 aliphatic rings. The highest BCUT2D eigenvalue weighted by Gasteiger charge is 2.17. The Balaban J connectivity index is 0.954. The predicted octanol–water partition coefficient (Wildman–Crippen LogP) is 14.7. The van der Waals surface area contributed by atoms with Gasteiger partial charge in [0.05, 0.1) is 11.4 Å². The number of hydrogen-bond donors (Lipinski definition) is 0. The molecule has 0 N–H and O–H groups in total. The van der Waals surface area contributed by atoms with Gasteiger partial charge in [-0.3, -0.25) is 0 Å². The molecule has 2 aromatic heterocycles. The van der Waals surface area contributed by atoms with Crippen molar-refractivity contribution in [2.24, 2.45) is 0 Å². The van der Waals surface area contributed by atoms with Gasteiger partial charge in [0.1, 0.15) is 11.2 Å². The van der Waals surface area contributed by atoms with Crippen LogP contribution in [-0.4, -0.2) is 9.97 Å². The van der Waals surface area contributed by atoms with Crippen molar-refractivity contribution in [1.82, 2.24) is 9.97 Å². The lowest BCUT2D eigenvalue weighted by Crippen LogP contribution is -1.95. The maximum absolute atomic E-state index is 6.74. The first-order valence-corrected chi connectivity index (χ1v) is 19.3. The fraction of sp³-hybridized carbons (Fsp3) is 0. The number of hydrogen-bond acceptors (Lipinski definition) is 3. The van der Waals surface area contributed by atoms with Crippen LogP contribution in [0.5, 0.6) is 0 Å². The summed E-state index contributed by atoms with van der Waals surface area (Å²) >= 11 is 0. The topological polar surface area (TPSA) is 38.9 Å². The molecule has 3 heteroatoms. The third-order valence-electron chi connectivity index (χ3n) is 11.1. The molecule has 0 unspecified atom stereocenters. The van der Waals surface area contributed by atoms with E-state index in [1.54, 1.807) is 0 Å². The summed E-state index contributed by atoms with van der Waals surface area (Å²) in [5.41, 5.74) is 13.7. The Morgan fingerprint density at radius 2 is 0.842 bits per heavy atom. The maximum Gasteiger partial charge on any atom is 0.160 e.